The van der Waals surface area contributed by atoms with E-state index < -0.39 is 27.5 Å². The second-order valence-corrected chi connectivity index (χ2v) is 9.90. The SMILES string of the molecule is CCn1[nH]cc(C(=O)c2ccc(S(C)(=O)=O)c(N3CCOC(OC(C)C)C3)c2Cl)c1=O. The Labute approximate surface area is 185 Å². The molecule has 0 spiro atoms. The van der Waals surface area contributed by atoms with Crippen LogP contribution >= 0.6 is 11.6 Å². The molecule has 0 aliphatic carbocycles. The fourth-order valence-corrected chi connectivity index (χ4v) is 4.80. The van der Waals surface area contributed by atoms with Gasteiger partial charge in [-0.15, -0.1) is 0 Å². The zero-order chi connectivity index (χ0) is 22.9. The Hall–Kier alpha value is -2.14. The molecular formula is C20H26ClN3O6S. The molecule has 1 aromatic heterocycles. The topological polar surface area (TPSA) is 111 Å². The number of morpholine rings is 1. The van der Waals surface area contributed by atoms with Gasteiger partial charge in [-0.3, -0.25) is 14.3 Å². The molecule has 0 radical (unpaired) electrons. The molecule has 1 fully saturated rings. The van der Waals surface area contributed by atoms with Gasteiger partial charge in [0.1, 0.15) is 5.56 Å². The molecule has 1 saturated heterocycles. The number of ketones is 1. The van der Waals surface area contributed by atoms with Crippen molar-refractivity contribution >= 4 is 32.9 Å². The standard InChI is InChI=1S/C20H26ClN3O6S/c1-5-24-20(26)14(10-22-24)19(25)13-6-7-15(31(4,27)28)18(17(13)21)23-8-9-29-16(11-23)30-12(2)3/h6-7,10,12,16,22H,5,8-9,11H2,1-4H3. The molecule has 1 aromatic carbocycles. The third kappa shape index (κ3) is 4.87. The quantitative estimate of drug-likeness (QED) is 0.615. The van der Waals surface area contributed by atoms with Crippen molar-refractivity contribution in [2.24, 2.45) is 0 Å². The highest BCUT2D eigenvalue weighted by Crippen LogP contribution is 2.37. The van der Waals surface area contributed by atoms with Crippen LogP contribution in [-0.2, 0) is 25.9 Å². The van der Waals surface area contributed by atoms with E-state index in [0.29, 0.717) is 19.7 Å². The molecule has 0 saturated carbocycles. The Bertz CT molecular complexity index is 1140. The zero-order valence-corrected chi connectivity index (χ0v) is 19.4. The Morgan fingerprint density at radius 2 is 2.06 bits per heavy atom. The van der Waals surface area contributed by atoms with Gasteiger partial charge in [-0.05, 0) is 32.9 Å². The molecule has 0 amide bonds. The number of nitrogens with zero attached hydrogens (tertiary/aromatic N) is 2. The first-order valence-corrected chi connectivity index (χ1v) is 12.2. The Morgan fingerprint density at radius 3 is 2.65 bits per heavy atom. The predicted octanol–water partition coefficient (Wildman–Crippen LogP) is 2.07. The number of nitrogens with one attached hydrogen (secondary N) is 1. The van der Waals surface area contributed by atoms with Gasteiger partial charge < -0.3 is 19.5 Å². The van der Waals surface area contributed by atoms with E-state index in [2.05, 4.69) is 5.10 Å². The van der Waals surface area contributed by atoms with Crippen LogP contribution in [0.4, 0.5) is 5.69 Å². The number of ether oxygens (including phenoxy) is 2. The summed E-state index contributed by atoms with van der Waals surface area (Å²) in [5.74, 6) is -0.581. The summed E-state index contributed by atoms with van der Waals surface area (Å²) >= 11 is 6.62. The summed E-state index contributed by atoms with van der Waals surface area (Å²) in [5, 5.41) is 2.71. The number of rotatable bonds is 7. The minimum atomic E-state index is -3.65. The summed E-state index contributed by atoms with van der Waals surface area (Å²) in [6, 6.07) is 2.69. The lowest BCUT2D eigenvalue weighted by Gasteiger charge is -2.36. The molecule has 1 aliphatic rings. The molecule has 2 heterocycles. The lowest BCUT2D eigenvalue weighted by Crippen LogP contribution is -2.45. The second kappa shape index (κ2) is 9.15. The van der Waals surface area contributed by atoms with Crippen LogP contribution in [0.1, 0.15) is 36.7 Å². The van der Waals surface area contributed by atoms with E-state index in [1.165, 1.54) is 23.0 Å². The van der Waals surface area contributed by atoms with Crippen LogP contribution in [0.25, 0.3) is 0 Å². The number of sulfone groups is 1. The number of anilines is 1. The molecular weight excluding hydrogens is 446 g/mol. The van der Waals surface area contributed by atoms with Crippen molar-refractivity contribution in [1.29, 1.82) is 0 Å². The minimum Gasteiger partial charge on any atom is -0.362 e. The Morgan fingerprint density at radius 1 is 1.35 bits per heavy atom. The Balaban J connectivity index is 2.09. The number of hydrogen-bond donors (Lipinski definition) is 1. The third-order valence-electron chi connectivity index (χ3n) is 4.90. The van der Waals surface area contributed by atoms with Gasteiger partial charge in [0.25, 0.3) is 5.56 Å². The molecule has 170 valence electrons. The first kappa shape index (κ1) is 23.5. The van der Waals surface area contributed by atoms with Gasteiger partial charge in [-0.2, -0.15) is 0 Å². The molecule has 1 N–H and O–H groups in total. The smallest absolute Gasteiger partial charge is 0.277 e. The third-order valence-corrected chi connectivity index (χ3v) is 6.41. The van der Waals surface area contributed by atoms with Crippen molar-refractivity contribution in [2.75, 3.05) is 30.9 Å². The van der Waals surface area contributed by atoms with E-state index in [4.69, 9.17) is 21.1 Å². The maximum Gasteiger partial charge on any atom is 0.277 e. The summed E-state index contributed by atoms with van der Waals surface area (Å²) in [6.45, 7) is 6.80. The Kier molecular flexibility index (Phi) is 6.95. The van der Waals surface area contributed by atoms with Crippen molar-refractivity contribution < 1.29 is 22.7 Å². The summed E-state index contributed by atoms with van der Waals surface area (Å²) < 4.78 is 37.5. The van der Waals surface area contributed by atoms with Gasteiger partial charge in [-0.25, -0.2) is 8.42 Å². The average Bonchev–Trinajstić information content (AvgIpc) is 3.06. The first-order chi connectivity index (χ1) is 14.5. The largest absolute Gasteiger partial charge is 0.362 e. The van der Waals surface area contributed by atoms with Gasteiger partial charge in [0, 0.05) is 31.1 Å². The summed E-state index contributed by atoms with van der Waals surface area (Å²) in [5.41, 5.74) is -0.267. The maximum absolute atomic E-state index is 13.1. The van der Waals surface area contributed by atoms with Crippen molar-refractivity contribution in [2.45, 2.75) is 44.6 Å². The van der Waals surface area contributed by atoms with Crippen molar-refractivity contribution in [1.82, 2.24) is 9.78 Å². The van der Waals surface area contributed by atoms with Crippen LogP contribution in [0.3, 0.4) is 0 Å². The highest BCUT2D eigenvalue weighted by molar-refractivity contribution is 7.90. The lowest BCUT2D eigenvalue weighted by molar-refractivity contribution is -0.165. The maximum atomic E-state index is 13.1. The summed E-state index contributed by atoms with van der Waals surface area (Å²) in [4.78, 5) is 27.2. The minimum absolute atomic E-state index is 0.000662. The van der Waals surface area contributed by atoms with Gasteiger partial charge in [0.2, 0.25) is 5.78 Å². The number of carbonyl (C=O) groups is 1. The molecule has 1 aliphatic heterocycles. The summed E-state index contributed by atoms with van der Waals surface area (Å²) in [7, 11) is -3.65. The fraction of sp³-hybridized carbons (Fsp3) is 0.500. The van der Waals surface area contributed by atoms with Crippen LogP contribution < -0.4 is 10.5 Å². The number of benzene rings is 1. The summed E-state index contributed by atoms with van der Waals surface area (Å²) in [6.07, 6.45) is 1.75. The second-order valence-electron chi connectivity index (χ2n) is 7.54. The molecule has 3 rings (SSSR count). The van der Waals surface area contributed by atoms with E-state index >= 15 is 0 Å². The highest BCUT2D eigenvalue weighted by atomic mass is 35.5. The van der Waals surface area contributed by atoms with E-state index in [1.54, 1.807) is 11.8 Å². The fourth-order valence-electron chi connectivity index (χ4n) is 3.47. The highest BCUT2D eigenvalue weighted by Gasteiger charge is 2.31. The molecule has 9 nitrogen and oxygen atoms in total. The number of hydrogen-bond acceptors (Lipinski definition) is 7. The number of halogens is 1. The molecule has 2 aromatic rings. The number of aromatic nitrogens is 2. The predicted molar refractivity (Wildman–Crippen MR) is 117 cm³/mol. The van der Waals surface area contributed by atoms with E-state index in [0.717, 1.165) is 6.26 Å². The van der Waals surface area contributed by atoms with E-state index in [-0.39, 0.29) is 39.4 Å². The van der Waals surface area contributed by atoms with Crippen molar-refractivity contribution in [3.8, 4) is 0 Å². The number of carbonyl (C=O) groups excluding carboxylic acids is 1. The average molecular weight is 472 g/mol. The molecule has 1 unspecified atom stereocenters. The molecule has 11 heteroatoms. The van der Waals surface area contributed by atoms with Gasteiger partial charge in [0.15, 0.2) is 16.1 Å². The van der Waals surface area contributed by atoms with Crippen molar-refractivity contribution in [3.63, 3.8) is 0 Å². The number of aromatic amines is 1. The molecule has 31 heavy (non-hydrogen) atoms. The normalized spacial score (nSPS) is 17.4. The van der Waals surface area contributed by atoms with Gasteiger partial charge in [0.05, 0.1) is 34.9 Å². The van der Waals surface area contributed by atoms with Crippen LogP contribution in [0.5, 0.6) is 0 Å². The van der Waals surface area contributed by atoms with Gasteiger partial charge >= 0.3 is 0 Å². The molecule has 0 bridgehead atoms. The van der Waals surface area contributed by atoms with Crippen LogP contribution in [-0.4, -0.2) is 62.3 Å². The van der Waals surface area contributed by atoms with Crippen LogP contribution in [0, 0.1) is 0 Å². The first-order valence-electron chi connectivity index (χ1n) is 9.92. The number of aryl methyl sites for hydroxylation is 1. The van der Waals surface area contributed by atoms with E-state index in [9.17, 15) is 18.0 Å². The molecule has 1 atom stereocenters. The zero-order valence-electron chi connectivity index (χ0n) is 17.8. The van der Waals surface area contributed by atoms with Gasteiger partial charge in [-0.1, -0.05) is 11.6 Å². The van der Waals surface area contributed by atoms with E-state index in [1.807, 2.05) is 13.8 Å². The monoisotopic (exact) mass is 471 g/mol. The number of H-pyrrole nitrogens is 1. The van der Waals surface area contributed by atoms with Crippen LogP contribution in [0.2, 0.25) is 5.02 Å². The van der Waals surface area contributed by atoms with Crippen molar-refractivity contribution in [3.05, 3.63) is 44.8 Å². The lowest BCUT2D eigenvalue weighted by atomic mass is 10.0. The van der Waals surface area contributed by atoms with Crippen LogP contribution in [0.15, 0.2) is 28.0 Å².